The summed E-state index contributed by atoms with van der Waals surface area (Å²) < 4.78 is 0. The van der Waals surface area contributed by atoms with Crippen molar-refractivity contribution < 1.29 is 4.79 Å². The molecule has 0 atom stereocenters. The van der Waals surface area contributed by atoms with E-state index in [-0.39, 0.29) is 5.91 Å². The zero-order valence-corrected chi connectivity index (χ0v) is 12.9. The fraction of sp³-hybridized carbons (Fsp3) is 0.375. The number of fused-ring (bicyclic) bond motifs is 1. The second-order valence-corrected chi connectivity index (χ2v) is 6.23. The molecule has 0 radical (unpaired) electrons. The highest BCUT2D eigenvalue weighted by Gasteiger charge is 2.21. The van der Waals surface area contributed by atoms with Crippen LogP contribution in [0, 0.1) is 0 Å². The maximum absolute atomic E-state index is 12.7. The van der Waals surface area contributed by atoms with E-state index in [2.05, 4.69) is 10.3 Å². The minimum Gasteiger partial charge on any atom is -0.370 e. The van der Waals surface area contributed by atoms with Crippen LogP contribution in [0.5, 0.6) is 0 Å². The van der Waals surface area contributed by atoms with E-state index in [1.807, 2.05) is 47.9 Å². The summed E-state index contributed by atoms with van der Waals surface area (Å²) in [5, 5.41) is 5.25. The van der Waals surface area contributed by atoms with Crippen molar-refractivity contribution in [2.24, 2.45) is 0 Å². The zero-order chi connectivity index (χ0) is 14.7. The number of hydrogen-bond acceptors (Lipinski definition) is 4. The molecule has 1 fully saturated rings. The molecule has 0 saturated carbocycles. The Kier molecular flexibility index (Phi) is 4.29. The molecule has 3 rings (SSSR count). The smallest absolute Gasteiger partial charge is 0.256 e. The number of rotatable bonds is 3. The second-order valence-electron chi connectivity index (χ2n) is 5.00. The second kappa shape index (κ2) is 6.35. The van der Waals surface area contributed by atoms with E-state index >= 15 is 0 Å². The predicted octanol–water partition coefficient (Wildman–Crippen LogP) is 2.86. The third-order valence-electron chi connectivity index (χ3n) is 3.67. The largest absolute Gasteiger partial charge is 0.370 e. The molecule has 1 saturated heterocycles. The van der Waals surface area contributed by atoms with Gasteiger partial charge in [0.05, 0.1) is 5.56 Å². The van der Waals surface area contributed by atoms with E-state index in [0.29, 0.717) is 5.56 Å². The number of carbonyl (C=O) groups is 1. The summed E-state index contributed by atoms with van der Waals surface area (Å²) in [6.07, 6.45) is 1.71. The average molecular weight is 301 g/mol. The Morgan fingerprint density at radius 1 is 1.29 bits per heavy atom. The van der Waals surface area contributed by atoms with Gasteiger partial charge in [-0.15, -0.1) is 0 Å². The molecule has 1 aromatic heterocycles. The molecule has 21 heavy (non-hydrogen) atoms. The quantitative estimate of drug-likeness (QED) is 0.947. The molecular formula is C16H19N3OS. The lowest BCUT2D eigenvalue weighted by molar-refractivity contribution is 0.0774. The van der Waals surface area contributed by atoms with Gasteiger partial charge in [-0.1, -0.05) is 24.3 Å². The van der Waals surface area contributed by atoms with Gasteiger partial charge in [-0.3, -0.25) is 4.79 Å². The van der Waals surface area contributed by atoms with Crippen LogP contribution in [0.25, 0.3) is 10.8 Å². The van der Waals surface area contributed by atoms with Gasteiger partial charge < -0.3 is 10.2 Å². The molecule has 1 amide bonds. The maximum Gasteiger partial charge on any atom is 0.256 e. The van der Waals surface area contributed by atoms with Gasteiger partial charge in [0.2, 0.25) is 0 Å². The average Bonchev–Trinajstić information content (AvgIpc) is 2.56. The number of nitrogens with zero attached hydrogens (tertiary/aromatic N) is 2. The number of thioether (sulfide) groups is 1. The lowest BCUT2D eigenvalue weighted by Crippen LogP contribution is -2.38. The van der Waals surface area contributed by atoms with Crippen molar-refractivity contribution in [3.05, 3.63) is 36.0 Å². The van der Waals surface area contributed by atoms with Gasteiger partial charge in [-0.2, -0.15) is 11.8 Å². The van der Waals surface area contributed by atoms with Gasteiger partial charge in [0.1, 0.15) is 5.82 Å². The molecule has 5 heteroatoms. The Balaban J connectivity index is 2.02. The van der Waals surface area contributed by atoms with E-state index in [9.17, 15) is 4.79 Å². The van der Waals surface area contributed by atoms with Gasteiger partial charge in [-0.25, -0.2) is 4.98 Å². The first-order valence-electron chi connectivity index (χ1n) is 7.30. The van der Waals surface area contributed by atoms with Crippen molar-refractivity contribution >= 4 is 34.3 Å². The monoisotopic (exact) mass is 301 g/mol. The summed E-state index contributed by atoms with van der Waals surface area (Å²) in [5.41, 5.74) is 0.708. The van der Waals surface area contributed by atoms with Crippen molar-refractivity contribution in [2.45, 2.75) is 6.92 Å². The number of amides is 1. The molecule has 110 valence electrons. The minimum atomic E-state index is 0.0991. The van der Waals surface area contributed by atoms with Gasteiger partial charge in [0.15, 0.2) is 0 Å². The van der Waals surface area contributed by atoms with Crippen LogP contribution in [0.15, 0.2) is 30.5 Å². The standard InChI is InChI=1S/C16H19N3OS/c1-2-17-15-13-6-4-3-5-12(13)14(11-18-15)16(20)19-7-9-21-10-8-19/h3-6,11H,2,7-10H2,1H3,(H,17,18). The molecule has 0 bridgehead atoms. The molecule has 0 spiro atoms. The first-order valence-corrected chi connectivity index (χ1v) is 8.45. The van der Waals surface area contributed by atoms with Crippen molar-refractivity contribution in [3.8, 4) is 0 Å². The van der Waals surface area contributed by atoms with Crippen LogP contribution in [0.2, 0.25) is 0 Å². The lowest BCUT2D eigenvalue weighted by Gasteiger charge is -2.27. The van der Waals surface area contributed by atoms with Gasteiger partial charge in [0.25, 0.3) is 5.91 Å². The van der Waals surface area contributed by atoms with E-state index < -0.39 is 0 Å². The zero-order valence-electron chi connectivity index (χ0n) is 12.1. The fourth-order valence-electron chi connectivity index (χ4n) is 2.61. The SMILES string of the molecule is CCNc1ncc(C(=O)N2CCSCC2)c2ccccc12. The highest BCUT2D eigenvalue weighted by Crippen LogP contribution is 2.26. The Bertz CT molecular complexity index is 653. The Labute approximate surface area is 128 Å². The van der Waals surface area contributed by atoms with E-state index in [1.165, 1.54) is 0 Å². The number of pyridine rings is 1. The molecule has 1 aliphatic heterocycles. The van der Waals surface area contributed by atoms with Crippen molar-refractivity contribution in [1.82, 2.24) is 9.88 Å². The number of hydrogen-bond donors (Lipinski definition) is 1. The Morgan fingerprint density at radius 3 is 2.71 bits per heavy atom. The summed E-state index contributed by atoms with van der Waals surface area (Å²) in [7, 11) is 0. The van der Waals surface area contributed by atoms with Crippen LogP contribution >= 0.6 is 11.8 Å². The number of benzene rings is 1. The summed E-state index contributed by atoms with van der Waals surface area (Å²) >= 11 is 1.90. The van der Waals surface area contributed by atoms with Crippen LogP contribution in [-0.4, -0.2) is 46.9 Å². The lowest BCUT2D eigenvalue weighted by atomic mass is 10.1. The normalized spacial score (nSPS) is 15.2. The van der Waals surface area contributed by atoms with Crippen molar-refractivity contribution in [2.75, 3.05) is 36.5 Å². The maximum atomic E-state index is 12.7. The van der Waals surface area contributed by atoms with Crippen LogP contribution in [0.1, 0.15) is 17.3 Å². The van der Waals surface area contributed by atoms with E-state index in [0.717, 1.165) is 47.7 Å². The molecule has 1 N–H and O–H groups in total. The summed E-state index contributed by atoms with van der Waals surface area (Å²) in [6, 6.07) is 7.98. The number of anilines is 1. The van der Waals surface area contributed by atoms with Gasteiger partial charge in [-0.05, 0) is 12.3 Å². The summed E-state index contributed by atoms with van der Waals surface area (Å²) in [4.78, 5) is 19.1. The van der Waals surface area contributed by atoms with E-state index in [1.54, 1.807) is 6.20 Å². The summed E-state index contributed by atoms with van der Waals surface area (Å²) in [5.74, 6) is 2.99. The fourth-order valence-corrected chi connectivity index (χ4v) is 3.51. The predicted molar refractivity (Wildman–Crippen MR) is 89.1 cm³/mol. The Hall–Kier alpha value is -1.75. The molecule has 4 nitrogen and oxygen atoms in total. The minimum absolute atomic E-state index is 0.0991. The molecule has 1 aromatic carbocycles. The molecule has 0 unspecified atom stereocenters. The molecular weight excluding hydrogens is 282 g/mol. The highest BCUT2D eigenvalue weighted by atomic mass is 32.2. The molecule has 1 aliphatic rings. The third-order valence-corrected chi connectivity index (χ3v) is 4.61. The third kappa shape index (κ3) is 2.83. The van der Waals surface area contributed by atoms with Crippen molar-refractivity contribution in [3.63, 3.8) is 0 Å². The number of nitrogens with one attached hydrogen (secondary N) is 1. The van der Waals surface area contributed by atoms with Gasteiger partial charge >= 0.3 is 0 Å². The van der Waals surface area contributed by atoms with Crippen LogP contribution in [0.4, 0.5) is 5.82 Å². The first-order chi connectivity index (χ1) is 10.3. The van der Waals surface area contributed by atoms with Crippen molar-refractivity contribution in [1.29, 1.82) is 0 Å². The molecule has 0 aliphatic carbocycles. The topological polar surface area (TPSA) is 45.2 Å². The van der Waals surface area contributed by atoms with Crippen LogP contribution in [0.3, 0.4) is 0 Å². The van der Waals surface area contributed by atoms with Crippen LogP contribution in [-0.2, 0) is 0 Å². The molecule has 2 heterocycles. The number of aromatic nitrogens is 1. The number of carbonyl (C=O) groups excluding carboxylic acids is 1. The summed E-state index contributed by atoms with van der Waals surface area (Å²) in [6.45, 7) is 4.51. The van der Waals surface area contributed by atoms with E-state index in [4.69, 9.17) is 0 Å². The first kappa shape index (κ1) is 14.2. The van der Waals surface area contributed by atoms with Gasteiger partial charge in [0, 0.05) is 42.7 Å². The highest BCUT2D eigenvalue weighted by molar-refractivity contribution is 7.99. The van der Waals surface area contributed by atoms with Crippen LogP contribution < -0.4 is 5.32 Å². The molecule has 2 aromatic rings. The Morgan fingerprint density at radius 2 is 2.00 bits per heavy atom.